The van der Waals surface area contributed by atoms with Crippen molar-refractivity contribution in [3.05, 3.63) is 53.6 Å². The average Bonchev–Trinajstić information content (AvgIpc) is 2.87. The first-order chi connectivity index (χ1) is 11.1. The summed E-state index contributed by atoms with van der Waals surface area (Å²) in [5.41, 5.74) is 2.82. The Morgan fingerprint density at radius 3 is 2.22 bits per heavy atom. The minimum absolute atomic E-state index is 0.126. The van der Waals surface area contributed by atoms with Gasteiger partial charge in [-0.1, -0.05) is 12.1 Å². The molecule has 1 aromatic carbocycles. The van der Waals surface area contributed by atoms with Gasteiger partial charge in [-0.15, -0.1) is 0 Å². The summed E-state index contributed by atoms with van der Waals surface area (Å²) in [6.45, 7) is 6.99. The van der Waals surface area contributed by atoms with E-state index >= 15 is 0 Å². The molecule has 1 fully saturated rings. The van der Waals surface area contributed by atoms with Crippen LogP contribution >= 0.6 is 0 Å². The topological polar surface area (TPSA) is 28.5 Å². The summed E-state index contributed by atoms with van der Waals surface area (Å²) < 4.78 is 15.9. The smallest absolute Gasteiger partial charge is 0.242 e. The number of hydrogen-bond donors (Lipinski definition) is 0. The number of aryl methyl sites for hydroxylation is 2. The molecule has 0 atom stereocenters. The summed E-state index contributed by atoms with van der Waals surface area (Å²) in [6.07, 6.45) is 0. The van der Waals surface area contributed by atoms with Crippen LogP contribution in [0.4, 0.5) is 10.1 Å². The molecule has 0 spiro atoms. The lowest BCUT2D eigenvalue weighted by molar-refractivity contribution is -0.132. The largest absolute Gasteiger partial charge is 0.366 e. The van der Waals surface area contributed by atoms with Crippen LogP contribution in [0, 0.1) is 19.7 Å². The van der Waals surface area contributed by atoms with Gasteiger partial charge in [0.05, 0.1) is 5.69 Å². The first-order valence-electron chi connectivity index (χ1n) is 7.96. The molecule has 1 aromatic heterocycles. The van der Waals surface area contributed by atoms with Crippen molar-refractivity contribution in [3.63, 3.8) is 0 Å². The summed E-state index contributed by atoms with van der Waals surface area (Å²) in [6, 6.07) is 10.9. The summed E-state index contributed by atoms with van der Waals surface area (Å²) in [5, 5.41) is 0. The molecule has 4 nitrogen and oxygen atoms in total. The third-order valence-corrected chi connectivity index (χ3v) is 4.54. The monoisotopic (exact) mass is 315 g/mol. The van der Waals surface area contributed by atoms with Crippen LogP contribution in [-0.2, 0) is 11.3 Å². The van der Waals surface area contributed by atoms with Gasteiger partial charge in [-0.05, 0) is 38.1 Å². The van der Waals surface area contributed by atoms with Crippen molar-refractivity contribution in [3.8, 4) is 0 Å². The number of aromatic nitrogens is 1. The Bertz CT molecular complexity index is 683. The zero-order valence-corrected chi connectivity index (χ0v) is 13.6. The average molecular weight is 315 g/mol. The molecule has 0 radical (unpaired) electrons. The molecular weight excluding hydrogens is 293 g/mol. The molecule has 5 heteroatoms. The third kappa shape index (κ3) is 3.23. The van der Waals surface area contributed by atoms with Crippen molar-refractivity contribution < 1.29 is 9.18 Å². The maximum absolute atomic E-state index is 13.8. The van der Waals surface area contributed by atoms with E-state index in [1.54, 1.807) is 12.1 Å². The van der Waals surface area contributed by atoms with Crippen molar-refractivity contribution in [2.75, 3.05) is 31.1 Å². The van der Waals surface area contributed by atoms with Gasteiger partial charge in [-0.2, -0.15) is 0 Å². The molecule has 2 aromatic rings. The Balaban J connectivity index is 1.61. The van der Waals surface area contributed by atoms with Crippen molar-refractivity contribution in [2.45, 2.75) is 20.4 Å². The van der Waals surface area contributed by atoms with Crippen LogP contribution in [0.5, 0.6) is 0 Å². The molecule has 0 N–H and O–H groups in total. The van der Waals surface area contributed by atoms with Gasteiger partial charge in [0.2, 0.25) is 5.91 Å². The van der Waals surface area contributed by atoms with Gasteiger partial charge in [0, 0.05) is 37.6 Å². The van der Waals surface area contributed by atoms with E-state index in [0.29, 0.717) is 38.4 Å². The molecule has 0 aliphatic carbocycles. The number of amides is 1. The number of carbonyl (C=O) groups excluding carboxylic acids is 1. The van der Waals surface area contributed by atoms with Crippen molar-refractivity contribution in [1.29, 1.82) is 0 Å². The van der Waals surface area contributed by atoms with E-state index in [0.717, 1.165) is 11.4 Å². The van der Waals surface area contributed by atoms with Crippen molar-refractivity contribution >= 4 is 11.6 Å². The molecule has 1 saturated heterocycles. The highest BCUT2D eigenvalue weighted by Gasteiger charge is 2.23. The van der Waals surface area contributed by atoms with Crippen LogP contribution in [0.1, 0.15) is 11.4 Å². The quantitative estimate of drug-likeness (QED) is 0.871. The highest BCUT2D eigenvalue weighted by atomic mass is 19.1. The minimum atomic E-state index is -0.203. The van der Waals surface area contributed by atoms with Crippen LogP contribution < -0.4 is 4.90 Å². The SMILES string of the molecule is Cc1ccc(C)n1CC(=O)N1CCN(c2ccccc2F)CC1. The second-order valence-corrected chi connectivity index (χ2v) is 6.02. The molecule has 1 amide bonds. The lowest BCUT2D eigenvalue weighted by Crippen LogP contribution is -2.49. The first-order valence-corrected chi connectivity index (χ1v) is 7.96. The number of para-hydroxylation sites is 1. The summed E-state index contributed by atoms with van der Waals surface area (Å²) in [5.74, 6) is -0.0774. The van der Waals surface area contributed by atoms with E-state index in [4.69, 9.17) is 0 Å². The number of rotatable bonds is 3. The molecule has 0 unspecified atom stereocenters. The summed E-state index contributed by atoms with van der Waals surface area (Å²) in [4.78, 5) is 16.4. The number of nitrogens with zero attached hydrogens (tertiary/aromatic N) is 3. The van der Waals surface area contributed by atoms with Gasteiger partial charge in [0.1, 0.15) is 12.4 Å². The van der Waals surface area contributed by atoms with Crippen molar-refractivity contribution in [2.24, 2.45) is 0 Å². The van der Waals surface area contributed by atoms with E-state index in [9.17, 15) is 9.18 Å². The van der Waals surface area contributed by atoms with Crippen LogP contribution in [0.2, 0.25) is 0 Å². The van der Waals surface area contributed by atoms with Crippen LogP contribution in [-0.4, -0.2) is 41.6 Å². The highest BCUT2D eigenvalue weighted by molar-refractivity contribution is 5.76. The Kier molecular flexibility index (Phi) is 4.37. The van der Waals surface area contributed by atoms with Gasteiger partial charge in [0.25, 0.3) is 0 Å². The molecule has 23 heavy (non-hydrogen) atoms. The molecule has 3 rings (SSSR count). The minimum Gasteiger partial charge on any atom is -0.366 e. The van der Waals surface area contributed by atoms with Gasteiger partial charge in [-0.3, -0.25) is 4.79 Å². The van der Waals surface area contributed by atoms with Crippen LogP contribution in [0.3, 0.4) is 0 Å². The summed E-state index contributed by atoms with van der Waals surface area (Å²) >= 11 is 0. The lowest BCUT2D eigenvalue weighted by atomic mass is 10.2. The molecular formula is C18H22FN3O. The van der Waals surface area contributed by atoms with Gasteiger partial charge < -0.3 is 14.4 Å². The predicted molar refractivity (Wildman–Crippen MR) is 89.1 cm³/mol. The fourth-order valence-electron chi connectivity index (χ4n) is 3.09. The number of anilines is 1. The zero-order chi connectivity index (χ0) is 16.4. The molecule has 122 valence electrons. The summed E-state index contributed by atoms with van der Waals surface area (Å²) in [7, 11) is 0. The number of hydrogen-bond acceptors (Lipinski definition) is 2. The molecule has 0 bridgehead atoms. The second-order valence-electron chi connectivity index (χ2n) is 6.02. The normalized spacial score (nSPS) is 15.1. The Hall–Kier alpha value is -2.30. The number of halogens is 1. The predicted octanol–water partition coefficient (Wildman–Crippen LogP) is 2.59. The van der Waals surface area contributed by atoms with Crippen LogP contribution in [0.25, 0.3) is 0 Å². The number of carbonyl (C=O) groups is 1. The van der Waals surface area contributed by atoms with E-state index in [1.165, 1.54) is 6.07 Å². The number of piperazine rings is 1. The zero-order valence-electron chi connectivity index (χ0n) is 13.6. The van der Waals surface area contributed by atoms with E-state index in [-0.39, 0.29) is 11.7 Å². The molecule has 1 aliphatic heterocycles. The Labute approximate surface area is 136 Å². The van der Waals surface area contributed by atoms with E-state index in [1.807, 2.05) is 46.4 Å². The van der Waals surface area contributed by atoms with Gasteiger partial charge in [0.15, 0.2) is 0 Å². The molecule has 1 aliphatic rings. The van der Waals surface area contributed by atoms with Gasteiger partial charge >= 0.3 is 0 Å². The lowest BCUT2D eigenvalue weighted by Gasteiger charge is -2.36. The maximum atomic E-state index is 13.8. The first kappa shape index (κ1) is 15.6. The second kappa shape index (κ2) is 6.44. The maximum Gasteiger partial charge on any atom is 0.242 e. The van der Waals surface area contributed by atoms with E-state index < -0.39 is 0 Å². The molecule has 0 saturated carbocycles. The standard InChI is InChI=1S/C18H22FN3O/c1-14-7-8-15(2)22(14)13-18(23)21-11-9-20(10-12-21)17-6-4-3-5-16(17)19/h3-8H,9-13H2,1-2H3. The molecule has 2 heterocycles. The highest BCUT2D eigenvalue weighted by Crippen LogP contribution is 2.20. The Morgan fingerprint density at radius 2 is 1.61 bits per heavy atom. The van der Waals surface area contributed by atoms with Gasteiger partial charge in [-0.25, -0.2) is 4.39 Å². The number of benzene rings is 1. The fraction of sp³-hybridized carbons (Fsp3) is 0.389. The Morgan fingerprint density at radius 1 is 1.00 bits per heavy atom. The van der Waals surface area contributed by atoms with Crippen LogP contribution in [0.15, 0.2) is 36.4 Å². The van der Waals surface area contributed by atoms with E-state index in [2.05, 4.69) is 0 Å². The fourth-order valence-corrected chi connectivity index (χ4v) is 3.09. The van der Waals surface area contributed by atoms with Crippen molar-refractivity contribution in [1.82, 2.24) is 9.47 Å². The third-order valence-electron chi connectivity index (χ3n) is 4.54.